The maximum atomic E-state index is 12.7. The lowest BCUT2D eigenvalue weighted by Gasteiger charge is -2.10. The molecular weight excluding hydrogens is 384 g/mol. The van der Waals surface area contributed by atoms with Crippen LogP contribution in [0.2, 0.25) is 0 Å². The van der Waals surface area contributed by atoms with Crippen LogP contribution in [0.4, 0.5) is 0 Å². The Hall–Kier alpha value is -4.06. The van der Waals surface area contributed by atoms with Gasteiger partial charge in [0.1, 0.15) is 11.5 Å². The summed E-state index contributed by atoms with van der Waals surface area (Å²) in [5.41, 5.74) is 1.46. The van der Waals surface area contributed by atoms with Crippen LogP contribution in [-0.2, 0) is 0 Å². The molecule has 1 heterocycles. The van der Waals surface area contributed by atoms with Gasteiger partial charge in [0.05, 0.1) is 25.3 Å². The molecule has 0 aliphatic carbocycles. The fraction of sp³-hybridized carbons (Fsp3) is 0.0833. The number of hydrogen-bond acceptors (Lipinski definition) is 6. The Morgan fingerprint density at radius 3 is 2.47 bits per heavy atom. The molecule has 0 unspecified atom stereocenters. The number of Topliss-reactive ketones (excluding diaryl/α,β-unsaturated/α-hetero) is 1. The molecule has 6 heteroatoms. The predicted octanol–water partition coefficient (Wildman–Crippen LogP) is 4.54. The van der Waals surface area contributed by atoms with Crippen LogP contribution in [0.1, 0.15) is 26.3 Å². The van der Waals surface area contributed by atoms with E-state index in [4.69, 9.17) is 18.9 Å². The summed E-state index contributed by atoms with van der Waals surface area (Å²) in [5, 5.41) is 0. The third-order valence-corrected chi connectivity index (χ3v) is 4.58. The van der Waals surface area contributed by atoms with Crippen LogP contribution in [0.15, 0.2) is 72.5 Å². The van der Waals surface area contributed by atoms with Gasteiger partial charge in [-0.05, 0) is 36.4 Å². The summed E-state index contributed by atoms with van der Waals surface area (Å²) < 4.78 is 21.8. The predicted molar refractivity (Wildman–Crippen MR) is 110 cm³/mol. The lowest BCUT2D eigenvalue weighted by Crippen LogP contribution is -2.08. The van der Waals surface area contributed by atoms with Crippen molar-refractivity contribution in [1.82, 2.24) is 0 Å². The van der Waals surface area contributed by atoms with Gasteiger partial charge in [0.2, 0.25) is 5.78 Å². The summed E-state index contributed by atoms with van der Waals surface area (Å²) >= 11 is 0. The Morgan fingerprint density at radius 2 is 1.73 bits per heavy atom. The SMILES string of the molecule is COc1cccc(/C=C2\Oc3cc(OC(=O)c4ccccc4)ccc3C2=O)c1OC. The third kappa shape index (κ3) is 3.63. The summed E-state index contributed by atoms with van der Waals surface area (Å²) in [6, 6.07) is 18.7. The lowest BCUT2D eigenvalue weighted by atomic mass is 10.1. The van der Waals surface area contributed by atoms with Crippen molar-refractivity contribution >= 4 is 17.8 Å². The number of rotatable bonds is 5. The molecule has 0 N–H and O–H groups in total. The highest BCUT2D eigenvalue weighted by atomic mass is 16.5. The first-order chi connectivity index (χ1) is 14.6. The van der Waals surface area contributed by atoms with E-state index >= 15 is 0 Å². The molecule has 0 aromatic heterocycles. The van der Waals surface area contributed by atoms with Crippen molar-refractivity contribution in [3.05, 3.63) is 89.2 Å². The summed E-state index contributed by atoms with van der Waals surface area (Å²) in [5.74, 6) is 1.04. The van der Waals surface area contributed by atoms with Gasteiger partial charge < -0.3 is 18.9 Å². The Morgan fingerprint density at radius 1 is 0.933 bits per heavy atom. The van der Waals surface area contributed by atoms with Crippen molar-refractivity contribution in [3.8, 4) is 23.0 Å². The van der Waals surface area contributed by atoms with E-state index in [0.29, 0.717) is 33.9 Å². The first-order valence-electron chi connectivity index (χ1n) is 9.17. The standard InChI is InChI=1S/C24H18O6/c1-27-19-10-6-9-16(23(19)28-2)13-21-22(25)18-12-11-17(14-20(18)30-21)29-24(26)15-7-4-3-5-8-15/h3-14H,1-2H3/b21-13-. The van der Waals surface area contributed by atoms with E-state index < -0.39 is 5.97 Å². The number of hydrogen-bond donors (Lipinski definition) is 0. The van der Waals surface area contributed by atoms with Crippen LogP contribution >= 0.6 is 0 Å². The second kappa shape index (κ2) is 8.13. The van der Waals surface area contributed by atoms with Crippen molar-refractivity contribution in [2.75, 3.05) is 14.2 Å². The Bertz CT molecular complexity index is 1150. The van der Waals surface area contributed by atoms with E-state index in [1.807, 2.05) is 6.07 Å². The van der Waals surface area contributed by atoms with Gasteiger partial charge in [0.15, 0.2) is 17.3 Å². The molecular formula is C24H18O6. The van der Waals surface area contributed by atoms with Crippen LogP contribution in [0.5, 0.6) is 23.0 Å². The first kappa shape index (κ1) is 19.3. The van der Waals surface area contributed by atoms with E-state index in [-0.39, 0.29) is 17.3 Å². The minimum atomic E-state index is -0.489. The van der Waals surface area contributed by atoms with Crippen LogP contribution in [0.25, 0.3) is 6.08 Å². The molecule has 1 aliphatic heterocycles. The normalized spacial score (nSPS) is 13.5. The molecule has 0 saturated heterocycles. The molecule has 0 spiro atoms. The second-order valence-electron chi connectivity index (χ2n) is 6.44. The van der Waals surface area contributed by atoms with Crippen LogP contribution in [-0.4, -0.2) is 26.0 Å². The second-order valence-corrected chi connectivity index (χ2v) is 6.44. The molecule has 30 heavy (non-hydrogen) atoms. The maximum absolute atomic E-state index is 12.7. The molecule has 0 amide bonds. The average Bonchev–Trinajstić information content (AvgIpc) is 3.08. The molecule has 4 rings (SSSR count). The van der Waals surface area contributed by atoms with Crippen molar-refractivity contribution < 1.29 is 28.5 Å². The van der Waals surface area contributed by atoms with E-state index in [1.54, 1.807) is 67.8 Å². The Balaban J connectivity index is 1.59. The molecule has 0 saturated carbocycles. The number of carbonyl (C=O) groups is 2. The van der Waals surface area contributed by atoms with E-state index in [1.165, 1.54) is 13.2 Å². The molecule has 0 atom stereocenters. The van der Waals surface area contributed by atoms with Gasteiger partial charge in [-0.1, -0.05) is 30.3 Å². The van der Waals surface area contributed by atoms with Gasteiger partial charge in [-0.25, -0.2) is 4.79 Å². The Kier molecular flexibility index (Phi) is 5.22. The summed E-state index contributed by atoms with van der Waals surface area (Å²) in [6.07, 6.45) is 1.60. The molecule has 0 radical (unpaired) electrons. The van der Waals surface area contributed by atoms with Crippen LogP contribution in [0.3, 0.4) is 0 Å². The molecule has 150 valence electrons. The highest BCUT2D eigenvalue weighted by Crippen LogP contribution is 2.37. The van der Waals surface area contributed by atoms with Gasteiger partial charge in [0, 0.05) is 11.6 Å². The van der Waals surface area contributed by atoms with Crippen LogP contribution < -0.4 is 18.9 Å². The topological polar surface area (TPSA) is 71.1 Å². The number of fused-ring (bicyclic) bond motifs is 1. The Labute approximate surface area is 173 Å². The van der Waals surface area contributed by atoms with Crippen molar-refractivity contribution in [3.63, 3.8) is 0 Å². The molecule has 0 bridgehead atoms. The number of ether oxygens (including phenoxy) is 4. The summed E-state index contributed by atoms with van der Waals surface area (Å²) in [7, 11) is 3.07. The molecule has 3 aromatic carbocycles. The van der Waals surface area contributed by atoms with Crippen molar-refractivity contribution in [2.24, 2.45) is 0 Å². The number of allylic oxidation sites excluding steroid dienone is 1. The maximum Gasteiger partial charge on any atom is 0.343 e. The van der Waals surface area contributed by atoms with Gasteiger partial charge in [0.25, 0.3) is 0 Å². The molecule has 6 nitrogen and oxygen atoms in total. The molecule has 1 aliphatic rings. The number of ketones is 1. The molecule has 3 aromatic rings. The zero-order chi connectivity index (χ0) is 21.1. The zero-order valence-electron chi connectivity index (χ0n) is 16.4. The first-order valence-corrected chi connectivity index (χ1v) is 9.17. The van der Waals surface area contributed by atoms with Gasteiger partial charge >= 0.3 is 5.97 Å². The van der Waals surface area contributed by atoms with Gasteiger partial charge in [-0.2, -0.15) is 0 Å². The average molecular weight is 402 g/mol. The minimum absolute atomic E-state index is 0.142. The van der Waals surface area contributed by atoms with Gasteiger partial charge in [-0.3, -0.25) is 4.79 Å². The van der Waals surface area contributed by atoms with E-state index in [2.05, 4.69) is 0 Å². The monoisotopic (exact) mass is 402 g/mol. The van der Waals surface area contributed by atoms with Crippen LogP contribution in [0, 0.1) is 0 Å². The van der Waals surface area contributed by atoms with E-state index in [0.717, 1.165) is 0 Å². The number of para-hydroxylation sites is 1. The van der Waals surface area contributed by atoms with E-state index in [9.17, 15) is 9.59 Å². The number of benzene rings is 3. The highest BCUT2D eigenvalue weighted by molar-refractivity contribution is 6.14. The third-order valence-electron chi connectivity index (χ3n) is 4.58. The number of carbonyl (C=O) groups excluding carboxylic acids is 2. The largest absolute Gasteiger partial charge is 0.493 e. The van der Waals surface area contributed by atoms with Gasteiger partial charge in [-0.15, -0.1) is 0 Å². The fourth-order valence-corrected chi connectivity index (χ4v) is 3.14. The van der Waals surface area contributed by atoms with Crippen molar-refractivity contribution in [1.29, 1.82) is 0 Å². The summed E-state index contributed by atoms with van der Waals surface area (Å²) in [4.78, 5) is 25.0. The molecule has 0 fully saturated rings. The summed E-state index contributed by atoms with van der Waals surface area (Å²) in [6.45, 7) is 0. The quantitative estimate of drug-likeness (QED) is 0.355. The number of esters is 1. The minimum Gasteiger partial charge on any atom is -0.493 e. The highest BCUT2D eigenvalue weighted by Gasteiger charge is 2.28. The number of methoxy groups -OCH3 is 2. The smallest absolute Gasteiger partial charge is 0.343 e. The fourth-order valence-electron chi connectivity index (χ4n) is 3.14. The lowest BCUT2D eigenvalue weighted by molar-refractivity contribution is 0.0734. The van der Waals surface area contributed by atoms with Crippen molar-refractivity contribution in [2.45, 2.75) is 0 Å². The zero-order valence-corrected chi connectivity index (χ0v) is 16.4.